The number of nitrogens with zero attached hydrogens (tertiary/aromatic N) is 2. The molecule has 5 nitrogen and oxygen atoms in total. The second-order valence-electron chi connectivity index (χ2n) is 6.25. The van der Waals surface area contributed by atoms with Crippen molar-refractivity contribution in [3.05, 3.63) is 0 Å². The van der Waals surface area contributed by atoms with Crippen LogP contribution in [0.4, 0.5) is 0 Å². The molecule has 0 aromatic heterocycles. The fourth-order valence-electron chi connectivity index (χ4n) is 3.46. The Kier molecular flexibility index (Phi) is 4.55. The molecule has 2 fully saturated rings. The molecule has 2 rings (SSSR count). The quantitative estimate of drug-likeness (QED) is 0.787. The minimum atomic E-state index is -2.83. The van der Waals surface area contributed by atoms with Gasteiger partial charge in [-0.15, -0.1) is 0 Å². The van der Waals surface area contributed by atoms with Gasteiger partial charge < -0.3 is 10.6 Å². The topological polar surface area (TPSA) is 66.6 Å². The molecule has 19 heavy (non-hydrogen) atoms. The molecule has 2 N–H and O–H groups in total. The summed E-state index contributed by atoms with van der Waals surface area (Å²) in [6.07, 6.45) is 3.77. The van der Waals surface area contributed by atoms with Gasteiger partial charge in [-0.1, -0.05) is 0 Å². The first-order valence-corrected chi connectivity index (χ1v) is 9.03. The maximum absolute atomic E-state index is 11.6. The van der Waals surface area contributed by atoms with Crippen molar-refractivity contribution in [2.45, 2.75) is 37.3 Å². The minimum absolute atomic E-state index is 0.117. The van der Waals surface area contributed by atoms with Gasteiger partial charge in [0.25, 0.3) is 0 Å². The van der Waals surface area contributed by atoms with E-state index in [4.69, 9.17) is 5.73 Å². The van der Waals surface area contributed by atoms with Crippen LogP contribution in [0, 0.1) is 0 Å². The van der Waals surface area contributed by atoms with E-state index in [9.17, 15) is 8.42 Å². The molecule has 2 heterocycles. The lowest BCUT2D eigenvalue weighted by atomic mass is 9.87. The molecular weight excluding hydrogens is 262 g/mol. The zero-order valence-electron chi connectivity index (χ0n) is 12.1. The molecule has 1 unspecified atom stereocenters. The molecule has 112 valence electrons. The highest BCUT2D eigenvalue weighted by atomic mass is 32.2. The van der Waals surface area contributed by atoms with Gasteiger partial charge >= 0.3 is 0 Å². The smallest absolute Gasteiger partial charge is 0.150 e. The number of hydrogen-bond acceptors (Lipinski definition) is 5. The molecule has 2 aliphatic heterocycles. The highest BCUT2D eigenvalue weighted by molar-refractivity contribution is 7.91. The van der Waals surface area contributed by atoms with E-state index < -0.39 is 9.84 Å². The van der Waals surface area contributed by atoms with Gasteiger partial charge in [-0.25, -0.2) is 8.42 Å². The first kappa shape index (κ1) is 15.2. The first-order valence-electron chi connectivity index (χ1n) is 7.20. The highest BCUT2D eigenvalue weighted by Gasteiger charge is 2.42. The van der Waals surface area contributed by atoms with Crippen molar-refractivity contribution >= 4 is 9.84 Å². The Bertz CT molecular complexity index is 396. The number of hydrogen-bond donors (Lipinski definition) is 1. The van der Waals surface area contributed by atoms with E-state index in [2.05, 4.69) is 23.9 Å². The Labute approximate surface area is 117 Å². The number of nitrogens with two attached hydrogens (primary N) is 1. The van der Waals surface area contributed by atoms with E-state index in [0.717, 1.165) is 13.1 Å². The summed E-state index contributed by atoms with van der Waals surface area (Å²) < 4.78 is 23.3. The van der Waals surface area contributed by atoms with Crippen LogP contribution in [0.1, 0.15) is 25.7 Å². The van der Waals surface area contributed by atoms with Gasteiger partial charge in [-0.3, -0.25) is 4.90 Å². The lowest BCUT2D eigenvalue weighted by molar-refractivity contribution is 0.0315. The predicted octanol–water partition coefficient (Wildman–Crippen LogP) is -0.0815. The van der Waals surface area contributed by atoms with Crippen molar-refractivity contribution < 1.29 is 8.42 Å². The average Bonchev–Trinajstić information content (AvgIpc) is 2.39. The van der Waals surface area contributed by atoms with E-state index >= 15 is 0 Å². The largest absolute Gasteiger partial charge is 0.329 e. The molecule has 0 aliphatic carbocycles. The summed E-state index contributed by atoms with van der Waals surface area (Å²) in [7, 11) is 1.46. The molecule has 6 heteroatoms. The molecule has 0 aromatic rings. The number of sulfone groups is 1. The van der Waals surface area contributed by atoms with Gasteiger partial charge in [-0.2, -0.15) is 0 Å². The summed E-state index contributed by atoms with van der Waals surface area (Å²) in [5, 5.41) is 0. The number of likely N-dealkylation sites (N-methyl/N-ethyl adjacent to an activating group) is 2. The zero-order chi connectivity index (χ0) is 14.1. The van der Waals surface area contributed by atoms with Crippen molar-refractivity contribution in [1.82, 2.24) is 9.80 Å². The van der Waals surface area contributed by atoms with Crippen LogP contribution in [0.5, 0.6) is 0 Å². The first-order chi connectivity index (χ1) is 8.88. The van der Waals surface area contributed by atoms with Crippen LogP contribution in [0.2, 0.25) is 0 Å². The Balaban J connectivity index is 2.08. The van der Waals surface area contributed by atoms with Crippen molar-refractivity contribution in [2.75, 3.05) is 45.2 Å². The summed E-state index contributed by atoms with van der Waals surface area (Å²) >= 11 is 0. The van der Waals surface area contributed by atoms with Crippen LogP contribution in [-0.4, -0.2) is 75.0 Å². The van der Waals surface area contributed by atoms with E-state index in [0.29, 0.717) is 25.4 Å². The molecular formula is C13H27N3O2S. The maximum atomic E-state index is 11.6. The minimum Gasteiger partial charge on any atom is -0.329 e. The van der Waals surface area contributed by atoms with Gasteiger partial charge in [0.05, 0.1) is 11.5 Å². The number of likely N-dealkylation sites (tertiary alicyclic amines) is 1. The second kappa shape index (κ2) is 5.68. The van der Waals surface area contributed by atoms with Gasteiger partial charge in [0, 0.05) is 24.7 Å². The van der Waals surface area contributed by atoms with Gasteiger partial charge in [0.2, 0.25) is 0 Å². The average molecular weight is 289 g/mol. The van der Waals surface area contributed by atoms with Crippen molar-refractivity contribution in [3.8, 4) is 0 Å². The zero-order valence-corrected chi connectivity index (χ0v) is 13.0. The predicted molar refractivity (Wildman–Crippen MR) is 78.0 cm³/mol. The van der Waals surface area contributed by atoms with Gasteiger partial charge in [-0.05, 0) is 46.3 Å². The van der Waals surface area contributed by atoms with Crippen LogP contribution < -0.4 is 5.73 Å². The standard InChI is InChI=1S/C13H27N3O2S/c1-15-7-3-4-12(10-15)16(2)13(11-14)5-8-19(17,18)9-6-13/h12H,3-11,14H2,1-2H3. The normalized spacial score (nSPS) is 31.5. The van der Waals surface area contributed by atoms with E-state index in [-0.39, 0.29) is 17.0 Å². The summed E-state index contributed by atoms with van der Waals surface area (Å²) in [6.45, 7) is 2.78. The Hall–Kier alpha value is -0.170. The second-order valence-corrected chi connectivity index (χ2v) is 8.55. The highest BCUT2D eigenvalue weighted by Crippen LogP contribution is 2.31. The van der Waals surface area contributed by atoms with Crippen LogP contribution in [0.25, 0.3) is 0 Å². The molecule has 0 spiro atoms. The molecule has 2 saturated heterocycles. The van der Waals surface area contributed by atoms with E-state index in [1.807, 2.05) is 0 Å². The lowest BCUT2D eigenvalue weighted by Gasteiger charge is -2.49. The third kappa shape index (κ3) is 3.29. The Morgan fingerprint density at radius 1 is 1.37 bits per heavy atom. The SMILES string of the molecule is CN1CCCC(N(C)C2(CN)CCS(=O)(=O)CC2)C1. The Morgan fingerprint density at radius 3 is 2.53 bits per heavy atom. The van der Waals surface area contributed by atoms with Crippen molar-refractivity contribution in [1.29, 1.82) is 0 Å². The molecule has 0 amide bonds. The Morgan fingerprint density at radius 2 is 2.00 bits per heavy atom. The fraction of sp³-hybridized carbons (Fsp3) is 1.00. The molecule has 0 bridgehead atoms. The van der Waals surface area contributed by atoms with Crippen LogP contribution in [0.3, 0.4) is 0 Å². The van der Waals surface area contributed by atoms with Crippen molar-refractivity contribution in [2.24, 2.45) is 5.73 Å². The van der Waals surface area contributed by atoms with Crippen molar-refractivity contribution in [3.63, 3.8) is 0 Å². The maximum Gasteiger partial charge on any atom is 0.150 e. The molecule has 2 aliphatic rings. The number of rotatable bonds is 3. The summed E-state index contributed by atoms with van der Waals surface area (Å²) in [5.74, 6) is 0.578. The molecule has 1 atom stereocenters. The number of piperidine rings is 1. The third-order valence-electron chi connectivity index (χ3n) is 5.03. The van der Waals surface area contributed by atoms with E-state index in [1.165, 1.54) is 12.8 Å². The molecule has 0 radical (unpaired) electrons. The van der Waals surface area contributed by atoms with E-state index in [1.54, 1.807) is 0 Å². The van der Waals surface area contributed by atoms with Gasteiger partial charge in [0.15, 0.2) is 0 Å². The molecule has 0 aromatic carbocycles. The van der Waals surface area contributed by atoms with Crippen LogP contribution in [0.15, 0.2) is 0 Å². The summed E-state index contributed by atoms with van der Waals surface area (Å²) in [4.78, 5) is 4.74. The van der Waals surface area contributed by atoms with Crippen LogP contribution in [-0.2, 0) is 9.84 Å². The fourth-order valence-corrected chi connectivity index (χ4v) is 5.05. The monoisotopic (exact) mass is 289 g/mol. The van der Waals surface area contributed by atoms with Crippen LogP contribution >= 0.6 is 0 Å². The summed E-state index contributed by atoms with van der Waals surface area (Å²) in [6, 6.07) is 0.503. The lowest BCUT2D eigenvalue weighted by Crippen LogP contribution is -2.61. The summed E-state index contributed by atoms with van der Waals surface area (Å²) in [5.41, 5.74) is 5.90. The molecule has 0 saturated carbocycles. The third-order valence-corrected chi connectivity index (χ3v) is 6.68. The van der Waals surface area contributed by atoms with Gasteiger partial charge in [0.1, 0.15) is 9.84 Å².